The first kappa shape index (κ1) is 22.5. The number of rotatable bonds is 8. The zero-order valence-corrected chi connectivity index (χ0v) is 19.2. The van der Waals surface area contributed by atoms with E-state index < -0.39 is 15.9 Å². The van der Waals surface area contributed by atoms with Crippen LogP contribution in [0.5, 0.6) is 11.5 Å². The maximum Gasteiger partial charge on any atom is 0.573 e. The average molecular weight is 429 g/mol. The van der Waals surface area contributed by atoms with Gasteiger partial charge < -0.3 is 9.47 Å². The van der Waals surface area contributed by atoms with E-state index in [-0.39, 0.29) is 11.9 Å². The summed E-state index contributed by atoms with van der Waals surface area (Å²) in [7, 11) is -0.475. The van der Waals surface area contributed by atoms with E-state index in [1.807, 2.05) is 6.07 Å². The highest BCUT2D eigenvalue weighted by atomic mass is 28.2. The number of alkyl halides is 3. The fourth-order valence-corrected chi connectivity index (χ4v) is 7.19. The normalized spacial score (nSPS) is 25.1. The summed E-state index contributed by atoms with van der Waals surface area (Å²) >= 11 is 0. The summed E-state index contributed by atoms with van der Waals surface area (Å²) in [4.78, 5) is 0. The smallest absolute Gasteiger partial charge is 0.490 e. The Balaban J connectivity index is 1.68. The van der Waals surface area contributed by atoms with Crippen molar-refractivity contribution in [2.24, 2.45) is 5.92 Å². The Bertz CT molecular complexity index is 654. The van der Waals surface area contributed by atoms with Crippen molar-refractivity contribution in [2.45, 2.75) is 102 Å². The molecule has 1 fully saturated rings. The monoisotopic (exact) mass is 428 g/mol. The molecule has 0 saturated heterocycles. The van der Waals surface area contributed by atoms with E-state index in [2.05, 4.69) is 18.6 Å². The lowest BCUT2D eigenvalue weighted by Crippen LogP contribution is -2.24. The molecule has 1 aliphatic carbocycles. The lowest BCUT2D eigenvalue weighted by atomic mass is 9.86. The minimum Gasteiger partial charge on any atom is -0.490 e. The van der Waals surface area contributed by atoms with Crippen LogP contribution in [0.2, 0.25) is 5.54 Å². The molecule has 0 bridgehead atoms. The van der Waals surface area contributed by atoms with E-state index in [1.54, 1.807) is 0 Å². The molecule has 1 saturated carbocycles. The predicted molar refractivity (Wildman–Crippen MR) is 114 cm³/mol. The summed E-state index contributed by atoms with van der Waals surface area (Å²) in [6, 6.07) is 4.22. The molecule has 0 spiro atoms. The highest BCUT2D eigenvalue weighted by Gasteiger charge is 2.33. The minimum absolute atomic E-state index is 0.0411. The Morgan fingerprint density at radius 1 is 1.03 bits per heavy atom. The molecule has 0 aromatic heterocycles. The molecule has 1 atom stereocenters. The lowest BCUT2D eigenvalue weighted by Gasteiger charge is -2.29. The van der Waals surface area contributed by atoms with Gasteiger partial charge in [0.1, 0.15) is 11.5 Å². The molecule has 2 nitrogen and oxygen atoms in total. The Hall–Kier alpha value is -1.17. The SMILES string of the molecule is CCCC1CCC([SiH2]Cc2cc3c(cc2OC(F)(F)F)OC(CCC)CC3)CC1. The number of fused-ring (bicyclic) bond motifs is 1. The van der Waals surface area contributed by atoms with Gasteiger partial charge in [-0.25, -0.2) is 0 Å². The highest BCUT2D eigenvalue weighted by molar-refractivity contribution is 6.37. The fraction of sp³-hybridized carbons (Fsp3) is 0.739. The van der Waals surface area contributed by atoms with Gasteiger partial charge in [-0.05, 0) is 48.4 Å². The Kier molecular flexibility index (Phi) is 7.94. The maximum atomic E-state index is 13.0. The van der Waals surface area contributed by atoms with Crippen LogP contribution in [0.4, 0.5) is 13.2 Å². The van der Waals surface area contributed by atoms with Crippen molar-refractivity contribution in [3.8, 4) is 11.5 Å². The summed E-state index contributed by atoms with van der Waals surface area (Å²) in [6.45, 7) is 4.34. The number of hydrogen-bond acceptors (Lipinski definition) is 2. The topological polar surface area (TPSA) is 18.5 Å². The largest absolute Gasteiger partial charge is 0.573 e. The van der Waals surface area contributed by atoms with Gasteiger partial charge in [-0.2, -0.15) is 0 Å². The number of hydrogen-bond donors (Lipinski definition) is 0. The quantitative estimate of drug-likeness (QED) is 0.439. The first-order valence-electron chi connectivity index (χ1n) is 11.5. The second-order valence-corrected chi connectivity index (χ2v) is 11.1. The van der Waals surface area contributed by atoms with E-state index in [0.717, 1.165) is 54.3 Å². The molecule has 1 aromatic carbocycles. The van der Waals surface area contributed by atoms with Crippen LogP contribution in [0, 0.1) is 5.92 Å². The first-order chi connectivity index (χ1) is 13.9. The lowest BCUT2D eigenvalue weighted by molar-refractivity contribution is -0.274. The minimum atomic E-state index is -4.67. The van der Waals surface area contributed by atoms with E-state index in [0.29, 0.717) is 5.75 Å². The molecule has 29 heavy (non-hydrogen) atoms. The van der Waals surface area contributed by atoms with Crippen LogP contribution >= 0.6 is 0 Å². The number of halogens is 3. The number of ether oxygens (including phenoxy) is 2. The van der Waals surface area contributed by atoms with E-state index >= 15 is 0 Å². The summed E-state index contributed by atoms with van der Waals surface area (Å²) in [5, 5.41) is 0. The first-order valence-corrected chi connectivity index (χ1v) is 13.3. The van der Waals surface area contributed by atoms with Crippen LogP contribution in [-0.4, -0.2) is 22.0 Å². The van der Waals surface area contributed by atoms with Gasteiger partial charge in [0.25, 0.3) is 0 Å². The Morgan fingerprint density at radius 2 is 1.76 bits per heavy atom. The van der Waals surface area contributed by atoms with Gasteiger partial charge in [-0.15, -0.1) is 13.2 Å². The third-order valence-corrected chi connectivity index (χ3v) is 9.05. The van der Waals surface area contributed by atoms with Crippen molar-refractivity contribution in [1.29, 1.82) is 0 Å². The Morgan fingerprint density at radius 3 is 2.41 bits per heavy atom. The van der Waals surface area contributed by atoms with Gasteiger partial charge in [-0.1, -0.05) is 64.3 Å². The second kappa shape index (κ2) is 10.2. The van der Waals surface area contributed by atoms with E-state index in [9.17, 15) is 13.2 Å². The van der Waals surface area contributed by atoms with Gasteiger partial charge in [0.05, 0.1) is 6.10 Å². The van der Waals surface area contributed by atoms with Crippen LogP contribution in [0.15, 0.2) is 12.1 Å². The second-order valence-electron chi connectivity index (χ2n) is 8.90. The highest BCUT2D eigenvalue weighted by Crippen LogP contribution is 2.39. The molecular formula is C23H35F3O2Si. The molecule has 3 rings (SSSR count). The molecular weight excluding hydrogens is 393 g/mol. The molecule has 0 amide bonds. The summed E-state index contributed by atoms with van der Waals surface area (Å²) in [5.74, 6) is 1.41. The zero-order chi connectivity index (χ0) is 20.9. The van der Waals surface area contributed by atoms with Crippen LogP contribution in [0.1, 0.15) is 82.8 Å². The van der Waals surface area contributed by atoms with Crippen molar-refractivity contribution in [1.82, 2.24) is 0 Å². The van der Waals surface area contributed by atoms with Gasteiger partial charge in [0, 0.05) is 15.6 Å². The fourth-order valence-electron chi connectivity index (χ4n) is 5.03. The van der Waals surface area contributed by atoms with Gasteiger partial charge in [0.2, 0.25) is 0 Å². The molecule has 6 heteroatoms. The van der Waals surface area contributed by atoms with Crippen LogP contribution in [0.3, 0.4) is 0 Å². The van der Waals surface area contributed by atoms with Crippen LogP contribution < -0.4 is 9.47 Å². The molecule has 1 aliphatic heterocycles. The Labute approximate surface area is 175 Å². The molecule has 2 aliphatic rings. The van der Waals surface area contributed by atoms with Crippen molar-refractivity contribution in [3.05, 3.63) is 23.3 Å². The number of benzene rings is 1. The average Bonchev–Trinajstić information content (AvgIpc) is 2.67. The number of aryl methyl sites for hydroxylation is 1. The predicted octanol–water partition coefficient (Wildman–Crippen LogP) is 6.53. The summed E-state index contributed by atoms with van der Waals surface area (Å²) < 4.78 is 49.4. The summed E-state index contributed by atoms with van der Waals surface area (Å²) in [5.41, 5.74) is 2.53. The molecule has 0 radical (unpaired) electrons. The van der Waals surface area contributed by atoms with Crippen LogP contribution in [0.25, 0.3) is 0 Å². The van der Waals surface area contributed by atoms with Crippen molar-refractivity contribution < 1.29 is 22.6 Å². The van der Waals surface area contributed by atoms with Crippen molar-refractivity contribution >= 4 is 9.52 Å². The van der Waals surface area contributed by atoms with E-state index in [4.69, 9.17) is 4.74 Å². The molecule has 1 unspecified atom stereocenters. The third-order valence-electron chi connectivity index (χ3n) is 6.59. The van der Waals surface area contributed by atoms with Gasteiger partial charge in [0.15, 0.2) is 0 Å². The van der Waals surface area contributed by atoms with Gasteiger partial charge >= 0.3 is 6.36 Å². The molecule has 1 heterocycles. The maximum absolute atomic E-state index is 13.0. The molecule has 0 N–H and O–H groups in total. The van der Waals surface area contributed by atoms with E-state index in [1.165, 1.54) is 44.6 Å². The van der Waals surface area contributed by atoms with Crippen LogP contribution in [-0.2, 0) is 12.5 Å². The van der Waals surface area contributed by atoms with Crippen molar-refractivity contribution in [2.75, 3.05) is 0 Å². The summed E-state index contributed by atoms with van der Waals surface area (Å²) in [6.07, 6.45) is 6.90. The third kappa shape index (κ3) is 6.66. The standard InChI is InChI=1S/C23H35F3O2Si/c1-3-5-16-7-11-20(12-8-16)29-15-18-13-17-9-10-19(6-4-2)27-21(17)14-22(18)28-23(24,25)26/h13-14,16,19-20H,3-12,15,29H2,1-2H3. The van der Waals surface area contributed by atoms with Gasteiger partial charge in [-0.3, -0.25) is 0 Å². The zero-order valence-electron chi connectivity index (χ0n) is 17.8. The molecule has 1 aromatic rings. The van der Waals surface area contributed by atoms with Crippen molar-refractivity contribution in [3.63, 3.8) is 0 Å². The molecule has 164 valence electrons.